The van der Waals surface area contributed by atoms with E-state index in [2.05, 4.69) is 22.4 Å². The van der Waals surface area contributed by atoms with Crippen LogP contribution >= 0.6 is 0 Å². The number of carbonyl (C=O) groups is 1. The van der Waals surface area contributed by atoms with Crippen molar-refractivity contribution < 1.29 is 14.3 Å². The number of benzene rings is 1. The molecule has 2 atom stereocenters. The number of aromatic nitrogens is 1. The van der Waals surface area contributed by atoms with Crippen molar-refractivity contribution in [3.05, 3.63) is 42.1 Å². The van der Waals surface area contributed by atoms with Crippen molar-refractivity contribution in [2.24, 2.45) is 5.92 Å². The lowest BCUT2D eigenvalue weighted by molar-refractivity contribution is -0.123. The molecule has 6 heteroatoms. The number of fused-ring (bicyclic) bond motifs is 1. The highest BCUT2D eigenvalue weighted by molar-refractivity contribution is 5.82. The smallest absolute Gasteiger partial charge is 0.234 e. The van der Waals surface area contributed by atoms with E-state index in [1.807, 2.05) is 36.3 Å². The van der Waals surface area contributed by atoms with Gasteiger partial charge in [-0.2, -0.15) is 0 Å². The third-order valence-corrected chi connectivity index (χ3v) is 4.86. The summed E-state index contributed by atoms with van der Waals surface area (Å²) in [5.41, 5.74) is 2.26. The molecule has 1 amide bonds. The molecule has 2 aromatic rings. The van der Waals surface area contributed by atoms with E-state index in [0.717, 1.165) is 18.5 Å². The lowest BCUT2D eigenvalue weighted by Crippen LogP contribution is -2.45. The molecule has 1 aliphatic heterocycles. The van der Waals surface area contributed by atoms with E-state index in [0.29, 0.717) is 26.4 Å². The van der Waals surface area contributed by atoms with Crippen LogP contribution in [0.25, 0.3) is 10.9 Å². The molecule has 6 nitrogen and oxygen atoms in total. The summed E-state index contributed by atoms with van der Waals surface area (Å²) in [7, 11) is 3.58. The quantitative estimate of drug-likeness (QED) is 0.775. The van der Waals surface area contributed by atoms with Crippen LogP contribution in [0.2, 0.25) is 0 Å². The number of para-hydroxylation sites is 1. The zero-order valence-electron chi connectivity index (χ0n) is 15.5. The van der Waals surface area contributed by atoms with E-state index in [-0.39, 0.29) is 17.9 Å². The molecule has 1 N–H and O–H groups in total. The molecule has 0 unspecified atom stereocenters. The molecule has 26 heavy (non-hydrogen) atoms. The minimum absolute atomic E-state index is 0.0312. The lowest BCUT2D eigenvalue weighted by atomic mass is 9.93. The number of rotatable bonds is 8. The summed E-state index contributed by atoms with van der Waals surface area (Å²) in [5.74, 6) is 0.303. The number of pyridine rings is 1. The summed E-state index contributed by atoms with van der Waals surface area (Å²) in [6, 6.07) is 10.3. The zero-order valence-corrected chi connectivity index (χ0v) is 15.5. The van der Waals surface area contributed by atoms with Crippen molar-refractivity contribution in [3.8, 4) is 0 Å². The summed E-state index contributed by atoms with van der Waals surface area (Å²) in [6.45, 7) is 2.96. The van der Waals surface area contributed by atoms with E-state index in [1.165, 1.54) is 10.9 Å². The van der Waals surface area contributed by atoms with Gasteiger partial charge in [-0.05, 0) is 31.2 Å². The molecule has 0 saturated carbocycles. The number of methoxy groups -OCH3 is 1. The standard InChI is InChI=1S/C20H27N3O3/c1-23(9-10-25-2)12-20(24)22-19-14-26-13-16(19)11-15-7-8-21-18-6-4-3-5-17(15)18/h3-8,16,19H,9-14H2,1-2H3,(H,22,24)/t16-,19-/m1/s1. The number of carbonyl (C=O) groups excluding carboxylic acids is 1. The predicted octanol–water partition coefficient (Wildman–Crippen LogP) is 1.49. The summed E-state index contributed by atoms with van der Waals surface area (Å²) >= 11 is 0. The van der Waals surface area contributed by atoms with Gasteiger partial charge < -0.3 is 14.8 Å². The molecule has 0 radical (unpaired) electrons. The Morgan fingerprint density at radius 3 is 3.04 bits per heavy atom. The Balaban J connectivity index is 1.60. The van der Waals surface area contributed by atoms with Crippen LogP contribution in [0.3, 0.4) is 0 Å². The highest BCUT2D eigenvalue weighted by Crippen LogP contribution is 2.24. The second kappa shape index (κ2) is 9.07. The summed E-state index contributed by atoms with van der Waals surface area (Å²) in [5, 5.41) is 4.32. The van der Waals surface area contributed by atoms with E-state index in [1.54, 1.807) is 7.11 Å². The Morgan fingerprint density at radius 2 is 2.19 bits per heavy atom. The van der Waals surface area contributed by atoms with Crippen molar-refractivity contribution in [1.29, 1.82) is 0 Å². The topological polar surface area (TPSA) is 63.7 Å². The van der Waals surface area contributed by atoms with Crippen molar-refractivity contribution in [1.82, 2.24) is 15.2 Å². The number of nitrogens with zero attached hydrogens (tertiary/aromatic N) is 2. The second-order valence-corrected chi connectivity index (χ2v) is 6.89. The summed E-state index contributed by atoms with van der Waals surface area (Å²) in [6.07, 6.45) is 2.72. The van der Waals surface area contributed by atoms with E-state index >= 15 is 0 Å². The fourth-order valence-electron chi connectivity index (χ4n) is 3.40. The first-order valence-corrected chi connectivity index (χ1v) is 9.04. The molecule has 3 rings (SSSR count). The van der Waals surface area contributed by atoms with Gasteiger partial charge in [0.05, 0.1) is 37.9 Å². The molecular formula is C20H27N3O3. The van der Waals surface area contributed by atoms with Crippen LogP contribution in [0, 0.1) is 5.92 Å². The van der Waals surface area contributed by atoms with Crippen molar-refractivity contribution in [3.63, 3.8) is 0 Å². The Kier molecular flexibility index (Phi) is 6.55. The minimum atomic E-state index is 0.0312. The Labute approximate surface area is 154 Å². The molecule has 1 aromatic heterocycles. The number of nitrogens with one attached hydrogen (secondary N) is 1. The highest BCUT2D eigenvalue weighted by Gasteiger charge is 2.30. The number of amides is 1. The molecule has 0 bridgehead atoms. The number of hydrogen-bond donors (Lipinski definition) is 1. The van der Waals surface area contributed by atoms with Crippen LogP contribution in [0.1, 0.15) is 5.56 Å². The maximum Gasteiger partial charge on any atom is 0.234 e. The molecule has 1 aromatic carbocycles. The van der Waals surface area contributed by atoms with Gasteiger partial charge in [0.25, 0.3) is 0 Å². The zero-order chi connectivity index (χ0) is 18.4. The van der Waals surface area contributed by atoms with E-state index < -0.39 is 0 Å². The molecular weight excluding hydrogens is 330 g/mol. The fourth-order valence-corrected chi connectivity index (χ4v) is 3.40. The molecule has 1 saturated heterocycles. The van der Waals surface area contributed by atoms with Gasteiger partial charge in [0.1, 0.15) is 0 Å². The Bertz CT molecular complexity index is 732. The Morgan fingerprint density at radius 1 is 1.35 bits per heavy atom. The average molecular weight is 357 g/mol. The first-order valence-electron chi connectivity index (χ1n) is 9.04. The van der Waals surface area contributed by atoms with Gasteiger partial charge in [-0.15, -0.1) is 0 Å². The van der Waals surface area contributed by atoms with Gasteiger partial charge in [-0.3, -0.25) is 14.7 Å². The molecule has 1 fully saturated rings. The van der Waals surface area contributed by atoms with Gasteiger partial charge in [-0.25, -0.2) is 0 Å². The lowest BCUT2D eigenvalue weighted by Gasteiger charge is -2.22. The van der Waals surface area contributed by atoms with Gasteiger partial charge in [0, 0.05) is 31.2 Å². The van der Waals surface area contributed by atoms with E-state index in [9.17, 15) is 4.79 Å². The van der Waals surface area contributed by atoms with E-state index in [4.69, 9.17) is 9.47 Å². The second-order valence-electron chi connectivity index (χ2n) is 6.89. The maximum absolute atomic E-state index is 12.3. The van der Waals surface area contributed by atoms with Crippen LogP contribution in [-0.2, 0) is 20.7 Å². The first-order chi connectivity index (χ1) is 12.7. The molecule has 2 heterocycles. The Hall–Kier alpha value is -2.02. The van der Waals surface area contributed by atoms with Gasteiger partial charge >= 0.3 is 0 Å². The fraction of sp³-hybridized carbons (Fsp3) is 0.500. The maximum atomic E-state index is 12.3. The van der Waals surface area contributed by atoms with Crippen LogP contribution < -0.4 is 5.32 Å². The van der Waals surface area contributed by atoms with Gasteiger partial charge in [-0.1, -0.05) is 18.2 Å². The average Bonchev–Trinajstić information content (AvgIpc) is 3.07. The van der Waals surface area contributed by atoms with Crippen molar-refractivity contribution in [2.75, 3.05) is 47.1 Å². The molecule has 0 spiro atoms. The summed E-state index contributed by atoms with van der Waals surface area (Å²) < 4.78 is 10.7. The molecule has 0 aliphatic carbocycles. The number of ether oxygens (including phenoxy) is 2. The monoisotopic (exact) mass is 357 g/mol. The third kappa shape index (κ3) is 4.78. The van der Waals surface area contributed by atoms with Gasteiger partial charge in [0.15, 0.2) is 0 Å². The van der Waals surface area contributed by atoms with Crippen LogP contribution in [0.5, 0.6) is 0 Å². The number of hydrogen-bond acceptors (Lipinski definition) is 5. The number of likely N-dealkylation sites (N-methyl/N-ethyl adjacent to an activating group) is 1. The molecule has 140 valence electrons. The third-order valence-electron chi connectivity index (χ3n) is 4.86. The molecule has 1 aliphatic rings. The first kappa shape index (κ1) is 18.8. The normalized spacial score (nSPS) is 20.0. The minimum Gasteiger partial charge on any atom is -0.383 e. The van der Waals surface area contributed by atoms with Crippen LogP contribution in [0.4, 0.5) is 0 Å². The predicted molar refractivity (Wildman–Crippen MR) is 101 cm³/mol. The SMILES string of the molecule is COCCN(C)CC(=O)N[C@@H]1COC[C@H]1Cc1ccnc2ccccc12. The van der Waals surface area contributed by atoms with Crippen LogP contribution in [0.15, 0.2) is 36.5 Å². The largest absolute Gasteiger partial charge is 0.383 e. The summed E-state index contributed by atoms with van der Waals surface area (Å²) in [4.78, 5) is 18.7. The van der Waals surface area contributed by atoms with Crippen molar-refractivity contribution in [2.45, 2.75) is 12.5 Å². The van der Waals surface area contributed by atoms with Crippen molar-refractivity contribution >= 4 is 16.8 Å². The van der Waals surface area contributed by atoms with Crippen LogP contribution in [-0.4, -0.2) is 68.9 Å². The van der Waals surface area contributed by atoms with Gasteiger partial charge in [0.2, 0.25) is 5.91 Å². The highest BCUT2D eigenvalue weighted by atomic mass is 16.5.